The van der Waals surface area contributed by atoms with E-state index in [1.165, 1.54) is 11.1 Å². The highest BCUT2D eigenvalue weighted by molar-refractivity contribution is 6.31. The molecular formula is C21H22ClN3O. The van der Waals surface area contributed by atoms with Crippen LogP contribution in [-0.2, 0) is 6.42 Å². The molecule has 0 atom stereocenters. The van der Waals surface area contributed by atoms with E-state index in [0.717, 1.165) is 54.3 Å². The number of halogens is 1. The van der Waals surface area contributed by atoms with Crippen LogP contribution >= 0.6 is 11.6 Å². The van der Waals surface area contributed by atoms with E-state index in [-0.39, 0.29) is 0 Å². The van der Waals surface area contributed by atoms with Gasteiger partial charge in [-0.2, -0.15) is 5.10 Å². The summed E-state index contributed by atoms with van der Waals surface area (Å²) in [7, 11) is 1.68. The third-order valence-corrected chi connectivity index (χ3v) is 5.12. The summed E-state index contributed by atoms with van der Waals surface area (Å²) in [5.41, 5.74) is 5.38. The van der Waals surface area contributed by atoms with Gasteiger partial charge in [0.15, 0.2) is 0 Å². The molecule has 4 nitrogen and oxygen atoms in total. The van der Waals surface area contributed by atoms with E-state index in [0.29, 0.717) is 5.02 Å². The summed E-state index contributed by atoms with van der Waals surface area (Å²) in [4.78, 5) is 0. The first-order valence-corrected chi connectivity index (χ1v) is 9.32. The molecular weight excluding hydrogens is 346 g/mol. The molecule has 0 fully saturated rings. The Morgan fingerprint density at radius 1 is 1.15 bits per heavy atom. The van der Waals surface area contributed by atoms with Crippen molar-refractivity contribution in [1.29, 1.82) is 0 Å². The number of rotatable bonds is 3. The van der Waals surface area contributed by atoms with Crippen molar-refractivity contribution in [2.24, 2.45) is 0 Å². The van der Waals surface area contributed by atoms with Crippen LogP contribution in [0.1, 0.15) is 24.0 Å². The van der Waals surface area contributed by atoms with Crippen LogP contribution < -0.4 is 10.1 Å². The molecule has 1 aliphatic rings. The maximum Gasteiger partial charge on any atom is 0.133 e. The highest BCUT2D eigenvalue weighted by Crippen LogP contribution is 2.39. The maximum absolute atomic E-state index is 6.28. The summed E-state index contributed by atoms with van der Waals surface area (Å²) >= 11 is 6.28. The summed E-state index contributed by atoms with van der Waals surface area (Å²) in [5, 5.41) is 9.27. The molecule has 0 aliphatic carbocycles. The number of aromatic nitrogens is 2. The summed E-state index contributed by atoms with van der Waals surface area (Å²) in [5.74, 6) is 1.87. The lowest BCUT2D eigenvalue weighted by molar-refractivity contribution is 0.416. The second-order valence-corrected chi connectivity index (χ2v) is 7.04. The Morgan fingerprint density at radius 3 is 2.81 bits per heavy atom. The van der Waals surface area contributed by atoms with Crippen LogP contribution in [0.5, 0.6) is 5.75 Å². The Kier molecular flexibility index (Phi) is 4.60. The first kappa shape index (κ1) is 17.0. The molecule has 26 heavy (non-hydrogen) atoms. The minimum absolute atomic E-state index is 0.682. The van der Waals surface area contributed by atoms with Gasteiger partial charge in [-0.1, -0.05) is 29.8 Å². The van der Waals surface area contributed by atoms with E-state index in [2.05, 4.69) is 30.4 Å². The van der Waals surface area contributed by atoms with Crippen molar-refractivity contribution < 1.29 is 4.74 Å². The Labute approximate surface area is 158 Å². The van der Waals surface area contributed by atoms with Gasteiger partial charge < -0.3 is 10.1 Å². The van der Waals surface area contributed by atoms with Crippen LogP contribution in [0, 0.1) is 6.92 Å². The van der Waals surface area contributed by atoms with Gasteiger partial charge in [0.25, 0.3) is 0 Å². The molecule has 0 amide bonds. The van der Waals surface area contributed by atoms with Gasteiger partial charge in [0.2, 0.25) is 0 Å². The van der Waals surface area contributed by atoms with Crippen molar-refractivity contribution >= 4 is 17.4 Å². The number of hydrogen-bond donors (Lipinski definition) is 1. The van der Waals surface area contributed by atoms with Crippen LogP contribution in [0.2, 0.25) is 5.02 Å². The van der Waals surface area contributed by atoms with Gasteiger partial charge in [0, 0.05) is 22.7 Å². The number of anilines is 1. The molecule has 3 aromatic rings. The van der Waals surface area contributed by atoms with Gasteiger partial charge in [-0.05, 0) is 56.0 Å². The molecule has 1 N–H and O–H groups in total. The molecule has 0 saturated heterocycles. The molecule has 1 aromatic heterocycles. The Hall–Kier alpha value is -2.46. The topological polar surface area (TPSA) is 39.1 Å². The highest BCUT2D eigenvalue weighted by Gasteiger charge is 2.24. The summed E-state index contributed by atoms with van der Waals surface area (Å²) in [6, 6.07) is 14.0. The van der Waals surface area contributed by atoms with Gasteiger partial charge in [-0.25, -0.2) is 4.68 Å². The van der Waals surface area contributed by atoms with E-state index >= 15 is 0 Å². The lowest BCUT2D eigenvalue weighted by Gasteiger charge is -2.11. The molecule has 134 valence electrons. The van der Waals surface area contributed by atoms with Gasteiger partial charge in [-0.3, -0.25) is 0 Å². The summed E-state index contributed by atoms with van der Waals surface area (Å²) in [6.07, 6.45) is 3.27. The highest BCUT2D eigenvalue weighted by atomic mass is 35.5. The standard InChI is InChI=1S/C21H22ClN3O/c1-14-7-3-4-9-18(14)25-21-16(8-5-6-12-23-21)20(24-25)17-13-15(22)10-11-19(17)26-2/h3-4,7,9-11,13,23H,5-6,8,12H2,1-2H3. The van der Waals surface area contributed by atoms with Gasteiger partial charge in [-0.15, -0.1) is 0 Å². The van der Waals surface area contributed by atoms with Crippen molar-refractivity contribution in [2.45, 2.75) is 26.2 Å². The summed E-state index contributed by atoms with van der Waals surface area (Å²) in [6.45, 7) is 3.07. The van der Waals surface area contributed by atoms with Crippen molar-refractivity contribution in [1.82, 2.24) is 9.78 Å². The van der Waals surface area contributed by atoms with Crippen molar-refractivity contribution in [2.75, 3.05) is 19.0 Å². The van der Waals surface area contributed by atoms with Crippen LogP contribution in [0.25, 0.3) is 16.9 Å². The Balaban J connectivity index is 1.97. The SMILES string of the molecule is COc1ccc(Cl)cc1-c1nn(-c2ccccc2C)c2c1CCCCN2. The Bertz CT molecular complexity index is 948. The molecule has 2 heterocycles. The predicted molar refractivity (Wildman–Crippen MR) is 107 cm³/mol. The van der Waals surface area contributed by atoms with Crippen molar-refractivity contribution in [3.8, 4) is 22.7 Å². The van der Waals surface area contributed by atoms with Crippen molar-refractivity contribution in [3.63, 3.8) is 0 Å². The zero-order chi connectivity index (χ0) is 18.1. The molecule has 0 bridgehead atoms. The van der Waals surface area contributed by atoms with E-state index in [1.54, 1.807) is 7.11 Å². The first-order chi connectivity index (χ1) is 12.7. The van der Waals surface area contributed by atoms with E-state index in [4.69, 9.17) is 21.4 Å². The first-order valence-electron chi connectivity index (χ1n) is 8.94. The second kappa shape index (κ2) is 7.04. The van der Waals surface area contributed by atoms with E-state index in [1.807, 2.05) is 28.9 Å². The average Bonchev–Trinajstić information content (AvgIpc) is 2.83. The molecule has 0 radical (unpaired) electrons. The van der Waals surface area contributed by atoms with Crippen LogP contribution in [0.3, 0.4) is 0 Å². The molecule has 0 unspecified atom stereocenters. The predicted octanol–water partition coefficient (Wildman–Crippen LogP) is 5.26. The largest absolute Gasteiger partial charge is 0.496 e. The smallest absolute Gasteiger partial charge is 0.133 e. The molecule has 0 saturated carbocycles. The Morgan fingerprint density at radius 2 is 2.00 bits per heavy atom. The monoisotopic (exact) mass is 367 g/mol. The van der Waals surface area contributed by atoms with Crippen LogP contribution in [0.15, 0.2) is 42.5 Å². The van der Waals surface area contributed by atoms with E-state index < -0.39 is 0 Å². The van der Waals surface area contributed by atoms with Gasteiger partial charge in [0.05, 0.1) is 12.8 Å². The maximum atomic E-state index is 6.28. The lowest BCUT2D eigenvalue weighted by Crippen LogP contribution is -2.08. The number of fused-ring (bicyclic) bond motifs is 1. The minimum Gasteiger partial charge on any atom is -0.496 e. The number of benzene rings is 2. The average molecular weight is 368 g/mol. The fraction of sp³-hybridized carbons (Fsp3) is 0.286. The molecule has 0 spiro atoms. The number of methoxy groups -OCH3 is 1. The van der Waals surface area contributed by atoms with Crippen LogP contribution in [-0.4, -0.2) is 23.4 Å². The minimum atomic E-state index is 0.682. The second-order valence-electron chi connectivity index (χ2n) is 6.60. The number of nitrogens with zero attached hydrogens (tertiary/aromatic N) is 2. The zero-order valence-electron chi connectivity index (χ0n) is 15.1. The lowest BCUT2D eigenvalue weighted by atomic mass is 10.0. The molecule has 1 aliphatic heterocycles. The van der Waals surface area contributed by atoms with E-state index in [9.17, 15) is 0 Å². The van der Waals surface area contributed by atoms with Gasteiger partial charge in [0.1, 0.15) is 17.3 Å². The van der Waals surface area contributed by atoms with Crippen LogP contribution in [0.4, 0.5) is 5.82 Å². The van der Waals surface area contributed by atoms with Gasteiger partial charge >= 0.3 is 0 Å². The number of ether oxygens (including phenoxy) is 1. The number of nitrogens with one attached hydrogen (secondary N) is 1. The summed E-state index contributed by atoms with van der Waals surface area (Å²) < 4.78 is 7.62. The fourth-order valence-corrected chi connectivity index (χ4v) is 3.73. The number of aryl methyl sites for hydroxylation is 1. The molecule has 5 heteroatoms. The third kappa shape index (κ3) is 2.95. The molecule has 2 aromatic carbocycles. The number of hydrogen-bond acceptors (Lipinski definition) is 3. The zero-order valence-corrected chi connectivity index (χ0v) is 15.8. The number of para-hydroxylation sites is 1. The van der Waals surface area contributed by atoms with Crippen molar-refractivity contribution in [3.05, 3.63) is 58.6 Å². The quantitative estimate of drug-likeness (QED) is 0.686. The molecule has 4 rings (SSSR count). The third-order valence-electron chi connectivity index (χ3n) is 4.89. The fourth-order valence-electron chi connectivity index (χ4n) is 3.56. The normalized spacial score (nSPS) is 13.7.